The Bertz CT molecular complexity index is 493. The molecule has 1 fully saturated rings. The number of hydrogen-bond acceptors (Lipinski definition) is 3. The maximum absolute atomic E-state index is 12.4. The van der Waals surface area contributed by atoms with E-state index in [0.29, 0.717) is 25.9 Å². The highest BCUT2D eigenvalue weighted by atomic mass is 32.1. The van der Waals surface area contributed by atoms with Crippen LogP contribution in [0.1, 0.15) is 39.4 Å². The molecule has 1 N–H and O–H groups in total. The van der Waals surface area contributed by atoms with Gasteiger partial charge in [0, 0.05) is 18.0 Å². The summed E-state index contributed by atoms with van der Waals surface area (Å²) in [5, 5.41) is 8.96. The van der Waals surface area contributed by atoms with Crippen LogP contribution in [0.4, 0.5) is 0 Å². The number of fused-ring (bicyclic) bond motifs is 1. The summed E-state index contributed by atoms with van der Waals surface area (Å²) >= 11 is 1.62. The number of aliphatic carboxylic acids is 1. The predicted molar refractivity (Wildman–Crippen MR) is 72.6 cm³/mol. The predicted octanol–water partition coefficient (Wildman–Crippen LogP) is 2.17. The number of carbonyl (C=O) groups excluding carboxylic acids is 1. The van der Waals surface area contributed by atoms with Gasteiger partial charge in [-0.3, -0.25) is 9.59 Å². The number of carboxylic acid groups (broad SMARTS) is 1. The molecule has 0 unspecified atom stereocenters. The van der Waals surface area contributed by atoms with Crippen molar-refractivity contribution in [2.75, 3.05) is 13.1 Å². The highest BCUT2D eigenvalue weighted by Gasteiger charge is 2.29. The molecule has 102 valence electrons. The molecule has 0 spiro atoms. The zero-order valence-electron chi connectivity index (χ0n) is 10.7. The van der Waals surface area contributed by atoms with Gasteiger partial charge >= 0.3 is 5.97 Å². The maximum Gasteiger partial charge on any atom is 0.306 e. The quantitative estimate of drug-likeness (QED) is 0.902. The highest BCUT2D eigenvalue weighted by molar-refractivity contribution is 7.14. The molecule has 1 saturated heterocycles. The van der Waals surface area contributed by atoms with Crippen LogP contribution in [-0.4, -0.2) is 35.0 Å². The molecule has 2 aliphatic rings. The SMILES string of the molecule is O=C(O)C1CCN(C(=O)c2cc3c(s2)CCC3)CC1. The number of carboxylic acids is 1. The molecule has 0 saturated carbocycles. The third-order valence-electron chi connectivity index (χ3n) is 4.09. The standard InChI is InChI=1S/C14H17NO3S/c16-13(12-8-10-2-1-3-11(10)19-12)15-6-4-9(5-7-15)14(17)18/h8-9H,1-7H2,(H,17,18). The minimum atomic E-state index is -0.734. The Morgan fingerprint density at radius 1 is 1.26 bits per heavy atom. The molecule has 3 rings (SSSR count). The summed E-state index contributed by atoms with van der Waals surface area (Å²) in [4.78, 5) is 27.3. The minimum Gasteiger partial charge on any atom is -0.481 e. The maximum atomic E-state index is 12.4. The zero-order valence-corrected chi connectivity index (χ0v) is 11.5. The Hall–Kier alpha value is -1.36. The van der Waals surface area contributed by atoms with Crippen molar-refractivity contribution in [1.29, 1.82) is 0 Å². The number of amides is 1. The molecule has 0 bridgehead atoms. The van der Waals surface area contributed by atoms with Gasteiger partial charge in [0.1, 0.15) is 0 Å². The van der Waals surface area contributed by atoms with E-state index < -0.39 is 5.97 Å². The lowest BCUT2D eigenvalue weighted by atomic mass is 9.97. The third-order valence-corrected chi connectivity index (χ3v) is 5.31. The van der Waals surface area contributed by atoms with Crippen molar-refractivity contribution in [3.8, 4) is 0 Å². The van der Waals surface area contributed by atoms with Crippen molar-refractivity contribution in [3.05, 3.63) is 21.4 Å². The van der Waals surface area contributed by atoms with Gasteiger partial charge in [0.25, 0.3) is 5.91 Å². The van der Waals surface area contributed by atoms with Crippen molar-refractivity contribution in [2.45, 2.75) is 32.1 Å². The van der Waals surface area contributed by atoms with E-state index in [2.05, 4.69) is 0 Å². The topological polar surface area (TPSA) is 57.6 Å². The number of piperidine rings is 1. The molecule has 4 nitrogen and oxygen atoms in total. The molecule has 1 aromatic rings. The van der Waals surface area contributed by atoms with Gasteiger partial charge in [-0.15, -0.1) is 11.3 Å². The molecule has 2 heterocycles. The molecule has 0 aromatic carbocycles. The van der Waals surface area contributed by atoms with Crippen LogP contribution in [-0.2, 0) is 17.6 Å². The summed E-state index contributed by atoms with van der Waals surface area (Å²) in [6.45, 7) is 1.14. The first-order valence-corrected chi connectivity index (χ1v) is 7.60. The van der Waals surface area contributed by atoms with Crippen LogP contribution in [0.2, 0.25) is 0 Å². The van der Waals surface area contributed by atoms with Gasteiger partial charge in [0.05, 0.1) is 10.8 Å². The third kappa shape index (κ3) is 2.39. The van der Waals surface area contributed by atoms with Gasteiger partial charge in [0.2, 0.25) is 0 Å². The molecular weight excluding hydrogens is 262 g/mol. The molecule has 1 amide bonds. The smallest absolute Gasteiger partial charge is 0.306 e. The summed E-state index contributed by atoms with van der Waals surface area (Å²) in [6.07, 6.45) is 4.56. The Kier molecular flexibility index (Phi) is 3.31. The van der Waals surface area contributed by atoms with Crippen molar-refractivity contribution < 1.29 is 14.7 Å². The molecule has 0 radical (unpaired) electrons. The first-order valence-electron chi connectivity index (χ1n) is 6.79. The largest absolute Gasteiger partial charge is 0.481 e. The number of aryl methyl sites for hydroxylation is 2. The van der Waals surface area contributed by atoms with E-state index in [1.54, 1.807) is 16.2 Å². The minimum absolute atomic E-state index is 0.0863. The van der Waals surface area contributed by atoms with Crippen LogP contribution >= 0.6 is 11.3 Å². The molecular formula is C14H17NO3S. The van der Waals surface area contributed by atoms with Crippen LogP contribution < -0.4 is 0 Å². The summed E-state index contributed by atoms with van der Waals surface area (Å²) in [5.41, 5.74) is 1.34. The van der Waals surface area contributed by atoms with Crippen LogP contribution in [0.15, 0.2) is 6.07 Å². The lowest BCUT2D eigenvalue weighted by Crippen LogP contribution is -2.39. The van der Waals surface area contributed by atoms with E-state index >= 15 is 0 Å². The van der Waals surface area contributed by atoms with Crippen molar-refractivity contribution >= 4 is 23.2 Å². The molecule has 5 heteroatoms. The lowest BCUT2D eigenvalue weighted by Gasteiger charge is -2.29. The van der Waals surface area contributed by atoms with Crippen LogP contribution in [0.5, 0.6) is 0 Å². The number of rotatable bonds is 2. The van der Waals surface area contributed by atoms with E-state index in [1.165, 1.54) is 16.9 Å². The molecule has 1 aliphatic carbocycles. The molecule has 1 aromatic heterocycles. The number of nitrogens with zero attached hydrogens (tertiary/aromatic N) is 1. The van der Waals surface area contributed by atoms with Crippen molar-refractivity contribution in [1.82, 2.24) is 4.90 Å². The molecule has 19 heavy (non-hydrogen) atoms. The second kappa shape index (κ2) is 4.96. The average Bonchev–Trinajstić information content (AvgIpc) is 2.98. The normalized spacial score (nSPS) is 19.5. The Morgan fingerprint density at radius 3 is 2.63 bits per heavy atom. The number of likely N-dealkylation sites (tertiary alicyclic amines) is 1. The Labute approximate surface area is 116 Å². The van der Waals surface area contributed by atoms with Crippen LogP contribution in [0.3, 0.4) is 0 Å². The Morgan fingerprint density at radius 2 is 2.00 bits per heavy atom. The molecule has 1 aliphatic heterocycles. The van der Waals surface area contributed by atoms with Crippen molar-refractivity contribution in [2.24, 2.45) is 5.92 Å². The van der Waals surface area contributed by atoms with Gasteiger partial charge in [0.15, 0.2) is 0 Å². The van der Waals surface area contributed by atoms with E-state index in [1.807, 2.05) is 6.07 Å². The summed E-state index contributed by atoms with van der Waals surface area (Å²) in [5.74, 6) is -0.928. The first kappa shape index (κ1) is 12.7. The number of hydrogen-bond donors (Lipinski definition) is 1. The van der Waals surface area contributed by atoms with Crippen molar-refractivity contribution in [3.63, 3.8) is 0 Å². The monoisotopic (exact) mass is 279 g/mol. The van der Waals surface area contributed by atoms with Gasteiger partial charge in [-0.2, -0.15) is 0 Å². The number of carbonyl (C=O) groups is 2. The number of thiophene rings is 1. The highest BCUT2D eigenvalue weighted by Crippen LogP contribution is 2.32. The molecule has 0 atom stereocenters. The van der Waals surface area contributed by atoms with E-state index in [0.717, 1.165) is 17.7 Å². The second-order valence-corrected chi connectivity index (χ2v) is 6.45. The van der Waals surface area contributed by atoms with Gasteiger partial charge < -0.3 is 10.0 Å². The van der Waals surface area contributed by atoms with E-state index in [4.69, 9.17) is 5.11 Å². The van der Waals surface area contributed by atoms with Gasteiger partial charge in [-0.25, -0.2) is 0 Å². The first-order chi connectivity index (χ1) is 9.15. The Balaban J connectivity index is 1.66. The lowest BCUT2D eigenvalue weighted by molar-refractivity contribution is -0.143. The van der Waals surface area contributed by atoms with E-state index in [-0.39, 0.29) is 11.8 Å². The summed E-state index contributed by atoms with van der Waals surface area (Å²) in [7, 11) is 0. The summed E-state index contributed by atoms with van der Waals surface area (Å²) in [6, 6.07) is 2.04. The fraction of sp³-hybridized carbons (Fsp3) is 0.571. The second-order valence-electron chi connectivity index (χ2n) is 5.32. The van der Waals surface area contributed by atoms with Crippen LogP contribution in [0.25, 0.3) is 0 Å². The summed E-state index contributed by atoms with van der Waals surface area (Å²) < 4.78 is 0. The zero-order chi connectivity index (χ0) is 13.4. The fourth-order valence-corrected chi connectivity index (χ4v) is 4.14. The van der Waals surface area contributed by atoms with Crippen LogP contribution in [0, 0.1) is 5.92 Å². The van der Waals surface area contributed by atoms with Gasteiger partial charge in [-0.05, 0) is 43.7 Å². The fourth-order valence-electron chi connectivity index (χ4n) is 2.92. The van der Waals surface area contributed by atoms with Gasteiger partial charge in [-0.1, -0.05) is 0 Å². The average molecular weight is 279 g/mol. The van der Waals surface area contributed by atoms with E-state index in [9.17, 15) is 9.59 Å².